The van der Waals surface area contributed by atoms with Crippen molar-refractivity contribution in [3.05, 3.63) is 82.2 Å². The lowest BCUT2D eigenvalue weighted by molar-refractivity contribution is 1.00. The Bertz CT molecular complexity index is 5040. The third-order valence-electron chi connectivity index (χ3n) is 25.1. The summed E-state index contributed by atoms with van der Waals surface area (Å²) in [6.07, 6.45) is 8.14. The van der Waals surface area contributed by atoms with Gasteiger partial charge >= 0.3 is 0 Å². The number of hydrogen-bond donors (Lipinski definition) is 0. The molecule has 0 N–H and O–H groups in total. The van der Waals surface area contributed by atoms with Gasteiger partial charge in [0.1, 0.15) is 241 Å². The zero-order chi connectivity index (χ0) is 67.5. The summed E-state index contributed by atoms with van der Waals surface area (Å²) in [7, 11) is 70.6. The van der Waals surface area contributed by atoms with E-state index in [9.17, 15) is 0 Å². The van der Waals surface area contributed by atoms with Crippen LogP contribution in [0.5, 0.6) is 0 Å². The number of terminal acetylenes is 1. The highest BCUT2D eigenvalue weighted by Crippen LogP contribution is 2.50. The number of para-hydroxylation sites is 2. The largest absolute Gasteiger partial charge is 0.313 e. The molecule has 0 fully saturated rings. The van der Waals surface area contributed by atoms with Crippen LogP contribution in [-0.4, -0.2) is 245 Å². The number of hydrogen-bond acceptors (Lipinski definition) is 0. The molecule has 0 amide bonds. The summed E-state index contributed by atoms with van der Waals surface area (Å²) in [5.74, 6) is 3.59. The second kappa shape index (κ2) is 24.2. The van der Waals surface area contributed by atoms with E-state index in [1.165, 1.54) is 236 Å². The van der Waals surface area contributed by atoms with Gasteiger partial charge in [-0.1, -0.05) is 142 Å². The lowest BCUT2D eigenvalue weighted by atomic mass is 9.57. The van der Waals surface area contributed by atoms with E-state index in [1.54, 1.807) is 0 Å². The monoisotopic (exact) mass is 1150 g/mol. The van der Waals surface area contributed by atoms with Crippen molar-refractivity contribution in [2.45, 2.75) is 12.1 Å². The van der Waals surface area contributed by atoms with Gasteiger partial charge in [-0.25, -0.2) is 0 Å². The van der Waals surface area contributed by atoms with Crippen molar-refractivity contribution in [1.29, 1.82) is 0 Å². The van der Waals surface area contributed by atoms with Crippen molar-refractivity contribution in [2.24, 2.45) is 0 Å². The Kier molecular flexibility index (Phi) is 17.7. The van der Waals surface area contributed by atoms with E-state index in [4.69, 9.17) is 6.42 Å². The van der Waals surface area contributed by atoms with E-state index in [0.29, 0.717) is 0 Å². The van der Waals surface area contributed by atoms with Gasteiger partial charge in [-0.15, -0.1) is 72.0 Å². The molecular formula is C60H72B30N2. The summed E-state index contributed by atoms with van der Waals surface area (Å²) in [6, 6.07) is 18.5. The molecule has 412 valence electrons. The van der Waals surface area contributed by atoms with E-state index in [0.717, 1.165) is 34.4 Å². The number of allylic oxidation sites excluding steroid dienone is 2. The average molecular weight is 1150 g/mol. The van der Waals surface area contributed by atoms with Crippen molar-refractivity contribution in [2.75, 3.05) is 0 Å². The SMILES string of the molecule is BC/C(=C(/B)c1c(C#C)n(-c2ccccc2-c2ccccc2-n2c3c(c4c(B)c(-c5c(B)c(B)c(B)c(B)c5B)c(B)c(B)c42)C(B)=C(c2c(B)c(B)c(B)c(B)c2B)C3B)c2c(B)c(B)c(-c3c(B)c(B)c(B)c(B)c3B)c(B)c12)c1c(B)c(B)c(B)c(B)c1B. The van der Waals surface area contributed by atoms with Gasteiger partial charge in [0.25, 0.3) is 0 Å². The van der Waals surface area contributed by atoms with E-state index >= 15 is 0 Å². The van der Waals surface area contributed by atoms with Crippen LogP contribution in [0.1, 0.15) is 39.5 Å². The zero-order valence-corrected chi connectivity index (χ0v) is 61.9. The fourth-order valence-corrected chi connectivity index (χ4v) is 17.9. The first kappa shape index (κ1) is 67.3. The molecule has 0 radical (unpaired) electrons. The maximum absolute atomic E-state index is 7.29. The summed E-state index contributed by atoms with van der Waals surface area (Å²) in [5, 5.41) is 2.60. The minimum atomic E-state index is 0.0746. The van der Waals surface area contributed by atoms with Crippen LogP contribution in [0.25, 0.3) is 88.7 Å². The maximum Gasteiger partial charge on any atom is 0.141 e. The zero-order valence-electron chi connectivity index (χ0n) is 61.9. The number of fused-ring (bicyclic) bond motifs is 4. The molecule has 0 spiro atoms. The molecule has 0 bridgehead atoms. The van der Waals surface area contributed by atoms with E-state index in [-0.39, 0.29) is 5.82 Å². The fraction of sp³-hybridized carbons (Fsp3) is 0.0333. The Morgan fingerprint density at radius 3 is 1.07 bits per heavy atom. The van der Waals surface area contributed by atoms with Gasteiger partial charge in [-0.3, -0.25) is 0 Å². The number of aromatic nitrogens is 2. The molecule has 0 saturated carbocycles. The van der Waals surface area contributed by atoms with Crippen LogP contribution in [0.3, 0.4) is 0 Å². The summed E-state index contributed by atoms with van der Waals surface area (Å²) >= 11 is 0. The van der Waals surface area contributed by atoms with E-state index in [2.05, 4.69) is 299 Å². The van der Waals surface area contributed by atoms with E-state index < -0.39 is 0 Å². The fourth-order valence-electron chi connectivity index (χ4n) is 17.9. The Morgan fingerprint density at radius 2 is 0.674 bits per heavy atom. The first-order valence-electron chi connectivity index (χ1n) is 34.0. The Hall–Kier alpha value is -6.17. The molecule has 2 heterocycles. The first-order valence-corrected chi connectivity index (χ1v) is 34.0. The average Bonchev–Trinajstić information content (AvgIpc) is 1.52. The highest BCUT2D eigenvalue weighted by atomic mass is 15.0. The Labute approximate surface area is 577 Å². The van der Waals surface area contributed by atoms with E-state index in [1.807, 2.05) is 0 Å². The number of benzene rings is 8. The molecule has 2 aromatic heterocycles. The number of nitrogens with zero attached hydrogens (tertiary/aromatic N) is 2. The predicted molar refractivity (Wildman–Crippen MR) is 505 cm³/mol. The molecular weight excluding hydrogens is 1070 g/mol. The molecule has 11 rings (SSSR count). The molecule has 1 atom stereocenters. The van der Waals surface area contributed by atoms with Crippen LogP contribution in [0.2, 0.25) is 6.32 Å². The lowest BCUT2D eigenvalue weighted by Gasteiger charge is -2.28. The van der Waals surface area contributed by atoms with Crippen molar-refractivity contribution < 1.29 is 0 Å². The second-order valence-corrected chi connectivity index (χ2v) is 28.5. The van der Waals surface area contributed by atoms with Gasteiger partial charge in [0, 0.05) is 44.2 Å². The van der Waals surface area contributed by atoms with Gasteiger partial charge in [-0.05, 0) is 62.5 Å². The quantitative estimate of drug-likeness (QED) is 0.101. The molecule has 1 unspecified atom stereocenters. The van der Waals surface area contributed by atoms with Gasteiger partial charge in [0.15, 0.2) is 0 Å². The molecule has 1 aliphatic rings. The third-order valence-corrected chi connectivity index (χ3v) is 25.1. The normalized spacial score (nSPS) is 13.3. The summed E-state index contributed by atoms with van der Waals surface area (Å²) in [6.45, 7) is 0. The van der Waals surface area contributed by atoms with Crippen molar-refractivity contribution in [3.63, 3.8) is 0 Å². The van der Waals surface area contributed by atoms with Crippen LogP contribution >= 0.6 is 0 Å². The molecule has 8 aromatic carbocycles. The van der Waals surface area contributed by atoms with Gasteiger partial charge in [-0.2, -0.15) is 0 Å². The molecule has 10 aromatic rings. The lowest BCUT2D eigenvalue weighted by Crippen LogP contribution is -2.56. The third kappa shape index (κ3) is 9.36. The second-order valence-electron chi connectivity index (χ2n) is 28.5. The van der Waals surface area contributed by atoms with Crippen LogP contribution < -0.4 is 142 Å². The molecule has 0 aliphatic heterocycles. The van der Waals surface area contributed by atoms with Crippen LogP contribution in [0.15, 0.2) is 48.5 Å². The molecule has 2 nitrogen and oxygen atoms in total. The van der Waals surface area contributed by atoms with Gasteiger partial charge in [0.2, 0.25) is 0 Å². The van der Waals surface area contributed by atoms with Crippen LogP contribution in [0, 0.1) is 12.3 Å². The summed E-state index contributed by atoms with van der Waals surface area (Å²) in [4.78, 5) is 0. The van der Waals surface area contributed by atoms with Crippen molar-refractivity contribution in [1.82, 2.24) is 9.13 Å². The van der Waals surface area contributed by atoms with Crippen LogP contribution in [-0.2, 0) is 0 Å². The van der Waals surface area contributed by atoms with Crippen molar-refractivity contribution >= 4 is 421 Å². The predicted octanol–water partition coefficient (Wildman–Crippen LogP) is -34.0. The van der Waals surface area contributed by atoms with Gasteiger partial charge in [0.05, 0.1) is 11.4 Å². The molecule has 1 aliphatic carbocycles. The smallest absolute Gasteiger partial charge is 0.141 e. The van der Waals surface area contributed by atoms with Crippen LogP contribution in [0.4, 0.5) is 0 Å². The molecule has 0 saturated heterocycles. The minimum Gasteiger partial charge on any atom is -0.313 e. The van der Waals surface area contributed by atoms with Gasteiger partial charge < -0.3 is 9.13 Å². The summed E-state index contributed by atoms with van der Waals surface area (Å²) in [5.41, 5.74) is 60.7. The first-order chi connectivity index (χ1) is 43.3. The summed E-state index contributed by atoms with van der Waals surface area (Å²) < 4.78 is 5.25. The Balaban J connectivity index is 1.30. The maximum atomic E-state index is 7.29. The highest BCUT2D eigenvalue weighted by molar-refractivity contribution is 6.75. The molecule has 32 heteroatoms. The minimum absolute atomic E-state index is 0.0746. The standard InChI is InChI=1S/C60H72B30N2/c1-2-15-19(29(62)14(11-61)18-33(66)44(77)52(85)45(78)34(18)67)26-30(63)20(23-35(68)46(79)53(86)47(80)36(23)69)41(74)56(89)59(26)91(15)16-9-5-3-7-12(16)13-8-4-6-10-17(13)92-58-27(32(65)22(43(58)76)25-39(72)50(83)55(88)51(84)40(25)73)28-31(64)21(42(75)57(90)60(28)92)24-37(70)48(81)54(87)49(82)38(24)71/h1,3-10,43H,11,61-90H2/b29-14-. The Morgan fingerprint density at radius 1 is 0.359 bits per heavy atom. The highest BCUT2D eigenvalue weighted by Gasteiger charge is 2.38. The van der Waals surface area contributed by atoms with Crippen molar-refractivity contribution in [3.8, 4) is 57.1 Å². The number of rotatable bonds is 9. The molecule has 92 heavy (non-hydrogen) atoms. The topological polar surface area (TPSA) is 9.86 Å².